The molecule has 1 N–H and O–H groups in total. The van der Waals surface area contributed by atoms with Crippen LogP contribution in [-0.2, 0) is 0 Å². The van der Waals surface area contributed by atoms with Crippen molar-refractivity contribution in [2.75, 3.05) is 7.11 Å². The number of rotatable bonds is 3. The van der Waals surface area contributed by atoms with Crippen LogP contribution >= 0.6 is 0 Å². The Morgan fingerprint density at radius 3 is 2.56 bits per heavy atom. The van der Waals surface area contributed by atoms with Gasteiger partial charge in [0.2, 0.25) is 0 Å². The molecular formula is C14H17NO3. The van der Waals surface area contributed by atoms with Gasteiger partial charge in [0.25, 0.3) is 0 Å². The normalized spacial score (nSPS) is 23.2. The van der Waals surface area contributed by atoms with Crippen molar-refractivity contribution in [1.82, 2.24) is 0 Å². The van der Waals surface area contributed by atoms with Gasteiger partial charge in [0.05, 0.1) is 31.0 Å². The maximum atomic E-state index is 9.45. The Kier molecular flexibility index (Phi) is 4.06. The van der Waals surface area contributed by atoms with Gasteiger partial charge in [0.1, 0.15) is 0 Å². The third-order valence-electron chi connectivity index (χ3n) is 3.23. The van der Waals surface area contributed by atoms with Crippen LogP contribution in [-0.4, -0.2) is 24.4 Å². The fourth-order valence-electron chi connectivity index (χ4n) is 2.18. The smallest absolute Gasteiger partial charge is 0.162 e. The van der Waals surface area contributed by atoms with Gasteiger partial charge in [-0.05, 0) is 37.8 Å². The standard InChI is InChI=1S/C14H17NO3/c1-17-13-7-2-10(9-15)8-14(13)18-12-5-3-11(16)4-6-12/h2,7-8,11-12,16H,3-6H2,1H3. The summed E-state index contributed by atoms with van der Waals surface area (Å²) in [5.41, 5.74) is 0.557. The quantitative estimate of drug-likeness (QED) is 0.889. The first-order valence-corrected chi connectivity index (χ1v) is 6.16. The van der Waals surface area contributed by atoms with Crippen LogP contribution < -0.4 is 9.47 Å². The Morgan fingerprint density at radius 1 is 1.22 bits per heavy atom. The number of hydrogen-bond donors (Lipinski definition) is 1. The fraction of sp³-hybridized carbons (Fsp3) is 0.500. The topological polar surface area (TPSA) is 62.5 Å². The molecule has 0 saturated heterocycles. The van der Waals surface area contributed by atoms with E-state index in [1.807, 2.05) is 0 Å². The van der Waals surface area contributed by atoms with Crippen LogP contribution in [0, 0.1) is 11.3 Å². The molecular weight excluding hydrogens is 230 g/mol. The molecule has 0 atom stereocenters. The molecule has 1 aliphatic carbocycles. The second-order valence-electron chi connectivity index (χ2n) is 4.53. The molecule has 4 nitrogen and oxygen atoms in total. The minimum absolute atomic E-state index is 0.0937. The summed E-state index contributed by atoms with van der Waals surface area (Å²) < 4.78 is 11.1. The summed E-state index contributed by atoms with van der Waals surface area (Å²) >= 11 is 0. The van der Waals surface area contributed by atoms with Crippen LogP contribution in [0.3, 0.4) is 0 Å². The third-order valence-corrected chi connectivity index (χ3v) is 3.23. The van der Waals surface area contributed by atoms with Crippen molar-refractivity contribution >= 4 is 0 Å². The summed E-state index contributed by atoms with van der Waals surface area (Å²) in [5.74, 6) is 1.25. The molecule has 1 saturated carbocycles. The lowest BCUT2D eigenvalue weighted by atomic mass is 9.95. The van der Waals surface area contributed by atoms with Crippen molar-refractivity contribution in [3.8, 4) is 17.6 Å². The monoisotopic (exact) mass is 247 g/mol. The molecule has 0 unspecified atom stereocenters. The SMILES string of the molecule is COc1ccc(C#N)cc1OC1CCC(O)CC1. The number of aliphatic hydroxyl groups is 1. The first kappa shape index (κ1) is 12.7. The Morgan fingerprint density at radius 2 is 1.94 bits per heavy atom. The van der Waals surface area contributed by atoms with E-state index in [9.17, 15) is 5.11 Å². The van der Waals surface area contributed by atoms with E-state index in [2.05, 4.69) is 6.07 Å². The fourth-order valence-corrected chi connectivity index (χ4v) is 2.18. The van der Waals surface area contributed by atoms with E-state index in [0.717, 1.165) is 25.7 Å². The Labute approximate surface area is 107 Å². The zero-order valence-corrected chi connectivity index (χ0v) is 10.4. The molecule has 2 rings (SSSR count). The highest BCUT2D eigenvalue weighted by Gasteiger charge is 2.21. The first-order chi connectivity index (χ1) is 8.72. The third kappa shape index (κ3) is 2.93. The molecule has 0 aromatic heterocycles. The van der Waals surface area contributed by atoms with Crippen LogP contribution in [0.15, 0.2) is 18.2 Å². The van der Waals surface area contributed by atoms with Gasteiger partial charge >= 0.3 is 0 Å². The van der Waals surface area contributed by atoms with Gasteiger partial charge in [-0.15, -0.1) is 0 Å². The molecule has 0 aliphatic heterocycles. The highest BCUT2D eigenvalue weighted by Crippen LogP contribution is 2.31. The molecule has 96 valence electrons. The van der Waals surface area contributed by atoms with E-state index in [0.29, 0.717) is 17.1 Å². The molecule has 4 heteroatoms. The predicted molar refractivity (Wildman–Crippen MR) is 66.6 cm³/mol. The van der Waals surface area contributed by atoms with Gasteiger partial charge in [0.15, 0.2) is 11.5 Å². The minimum Gasteiger partial charge on any atom is -0.493 e. The lowest BCUT2D eigenvalue weighted by Gasteiger charge is -2.26. The summed E-state index contributed by atoms with van der Waals surface area (Å²) in [5, 5.41) is 18.3. The van der Waals surface area contributed by atoms with E-state index in [4.69, 9.17) is 14.7 Å². The predicted octanol–water partition coefficient (Wildman–Crippen LogP) is 2.25. The highest BCUT2D eigenvalue weighted by atomic mass is 16.5. The molecule has 0 bridgehead atoms. The minimum atomic E-state index is -0.197. The van der Waals surface area contributed by atoms with Crippen molar-refractivity contribution in [3.63, 3.8) is 0 Å². The summed E-state index contributed by atoms with van der Waals surface area (Å²) in [7, 11) is 1.58. The summed E-state index contributed by atoms with van der Waals surface area (Å²) in [6.45, 7) is 0. The number of methoxy groups -OCH3 is 1. The molecule has 1 aromatic carbocycles. The van der Waals surface area contributed by atoms with E-state index in [-0.39, 0.29) is 12.2 Å². The van der Waals surface area contributed by atoms with Crippen LogP contribution in [0.1, 0.15) is 31.2 Å². The van der Waals surface area contributed by atoms with Gasteiger partial charge in [0, 0.05) is 6.07 Å². The number of aliphatic hydroxyl groups excluding tert-OH is 1. The van der Waals surface area contributed by atoms with Gasteiger partial charge in [-0.25, -0.2) is 0 Å². The molecule has 0 radical (unpaired) electrons. The van der Waals surface area contributed by atoms with Gasteiger partial charge in [-0.3, -0.25) is 0 Å². The number of nitriles is 1. The lowest BCUT2D eigenvalue weighted by Crippen LogP contribution is -2.26. The summed E-state index contributed by atoms with van der Waals surface area (Å²) in [6.07, 6.45) is 3.10. The summed E-state index contributed by atoms with van der Waals surface area (Å²) in [4.78, 5) is 0. The van der Waals surface area contributed by atoms with Gasteiger partial charge < -0.3 is 14.6 Å². The second-order valence-corrected chi connectivity index (χ2v) is 4.53. The number of benzene rings is 1. The molecule has 18 heavy (non-hydrogen) atoms. The molecule has 1 aromatic rings. The Balaban J connectivity index is 2.10. The van der Waals surface area contributed by atoms with Crippen LogP contribution in [0.25, 0.3) is 0 Å². The molecule has 0 heterocycles. The Bertz CT molecular complexity index is 445. The number of ether oxygens (including phenoxy) is 2. The lowest BCUT2D eigenvalue weighted by molar-refractivity contribution is 0.0652. The second kappa shape index (κ2) is 5.74. The van der Waals surface area contributed by atoms with Crippen molar-refractivity contribution in [2.24, 2.45) is 0 Å². The van der Waals surface area contributed by atoms with Gasteiger partial charge in [-0.2, -0.15) is 5.26 Å². The zero-order chi connectivity index (χ0) is 13.0. The van der Waals surface area contributed by atoms with Crippen molar-refractivity contribution in [3.05, 3.63) is 23.8 Å². The molecule has 0 amide bonds. The molecule has 0 spiro atoms. The van der Waals surface area contributed by atoms with E-state index < -0.39 is 0 Å². The first-order valence-electron chi connectivity index (χ1n) is 6.16. The molecule has 1 aliphatic rings. The number of nitrogens with zero attached hydrogens (tertiary/aromatic N) is 1. The van der Waals surface area contributed by atoms with Crippen molar-refractivity contribution < 1.29 is 14.6 Å². The maximum Gasteiger partial charge on any atom is 0.162 e. The average Bonchev–Trinajstić information content (AvgIpc) is 2.41. The summed E-state index contributed by atoms with van der Waals surface area (Å²) in [6, 6.07) is 7.23. The van der Waals surface area contributed by atoms with Gasteiger partial charge in [-0.1, -0.05) is 0 Å². The molecule has 1 fully saturated rings. The van der Waals surface area contributed by atoms with Crippen LogP contribution in [0.5, 0.6) is 11.5 Å². The Hall–Kier alpha value is -1.73. The van der Waals surface area contributed by atoms with E-state index in [1.54, 1.807) is 25.3 Å². The van der Waals surface area contributed by atoms with Crippen LogP contribution in [0.4, 0.5) is 0 Å². The number of hydrogen-bond acceptors (Lipinski definition) is 4. The highest BCUT2D eigenvalue weighted by molar-refractivity contribution is 5.46. The average molecular weight is 247 g/mol. The maximum absolute atomic E-state index is 9.45. The van der Waals surface area contributed by atoms with E-state index >= 15 is 0 Å². The zero-order valence-electron chi connectivity index (χ0n) is 10.4. The largest absolute Gasteiger partial charge is 0.493 e. The van der Waals surface area contributed by atoms with Crippen molar-refractivity contribution in [2.45, 2.75) is 37.9 Å². The van der Waals surface area contributed by atoms with Crippen LogP contribution in [0.2, 0.25) is 0 Å². The van der Waals surface area contributed by atoms with E-state index in [1.165, 1.54) is 0 Å². The van der Waals surface area contributed by atoms with Crippen molar-refractivity contribution in [1.29, 1.82) is 5.26 Å².